The summed E-state index contributed by atoms with van der Waals surface area (Å²) in [5, 5.41) is 4.52. The highest BCUT2D eigenvalue weighted by Gasteiger charge is 2.12. The summed E-state index contributed by atoms with van der Waals surface area (Å²) in [5.41, 5.74) is 4.54. The lowest BCUT2D eigenvalue weighted by Gasteiger charge is -1.99. The fourth-order valence-corrected chi connectivity index (χ4v) is 1.78. The maximum Gasteiger partial charge on any atom is 0.112 e. The molecule has 0 aromatic carbocycles. The highest BCUT2D eigenvalue weighted by atomic mass is 15.3. The third kappa shape index (κ3) is 2.65. The molecule has 0 bridgehead atoms. The van der Waals surface area contributed by atoms with Crippen LogP contribution < -0.4 is 0 Å². The maximum absolute atomic E-state index is 4.52. The van der Waals surface area contributed by atoms with Gasteiger partial charge in [-0.25, -0.2) is 0 Å². The van der Waals surface area contributed by atoms with Crippen LogP contribution in [0, 0.1) is 0 Å². The summed E-state index contributed by atoms with van der Waals surface area (Å²) in [6.07, 6.45) is 2.97. The highest BCUT2D eigenvalue weighted by molar-refractivity contribution is 5.78. The fraction of sp³-hybridized carbons (Fsp3) is 0.571. The first-order valence-electron chi connectivity index (χ1n) is 6.45. The molecule has 0 aliphatic rings. The van der Waals surface area contributed by atoms with Crippen molar-refractivity contribution >= 4 is 11.0 Å². The van der Waals surface area contributed by atoms with Gasteiger partial charge < -0.3 is 0 Å². The molecular weight excluding hydrogens is 210 g/mol. The van der Waals surface area contributed by atoms with Crippen LogP contribution >= 0.6 is 0 Å². The van der Waals surface area contributed by atoms with E-state index in [4.69, 9.17) is 0 Å². The van der Waals surface area contributed by atoms with Gasteiger partial charge in [-0.3, -0.25) is 9.67 Å². The Kier molecular flexibility index (Phi) is 4.67. The number of hydrogen-bond donors (Lipinski definition) is 0. The molecule has 94 valence electrons. The molecule has 0 N–H and O–H groups in total. The van der Waals surface area contributed by atoms with Crippen molar-refractivity contribution in [2.75, 3.05) is 0 Å². The largest absolute Gasteiger partial charge is 0.266 e. The summed E-state index contributed by atoms with van der Waals surface area (Å²) in [6.45, 7) is 10.4. The summed E-state index contributed by atoms with van der Waals surface area (Å²) < 4.78 is 1.93. The Morgan fingerprint density at radius 2 is 1.94 bits per heavy atom. The van der Waals surface area contributed by atoms with Crippen molar-refractivity contribution < 1.29 is 0 Å². The molecule has 0 atom stereocenters. The SMILES string of the molecule is CC.CCc1cnc2c(C(C)C)nn(C)c2c1. The smallest absolute Gasteiger partial charge is 0.112 e. The van der Waals surface area contributed by atoms with E-state index in [9.17, 15) is 0 Å². The molecule has 17 heavy (non-hydrogen) atoms. The third-order valence-electron chi connectivity index (χ3n) is 2.73. The minimum absolute atomic E-state index is 0.425. The van der Waals surface area contributed by atoms with Crippen molar-refractivity contribution in [1.29, 1.82) is 0 Å². The van der Waals surface area contributed by atoms with Crippen LogP contribution in [-0.2, 0) is 13.5 Å². The van der Waals surface area contributed by atoms with Gasteiger partial charge in [0.15, 0.2) is 0 Å². The lowest BCUT2D eigenvalue weighted by Crippen LogP contribution is -1.93. The molecule has 3 heteroatoms. The van der Waals surface area contributed by atoms with E-state index in [1.54, 1.807) is 0 Å². The van der Waals surface area contributed by atoms with Gasteiger partial charge in [-0.05, 0) is 24.0 Å². The number of fused-ring (bicyclic) bond motifs is 1. The first-order chi connectivity index (χ1) is 8.13. The standard InChI is InChI=1S/C12H17N3.C2H6/c1-5-9-6-10-12(13-7-9)11(8(2)3)14-15(10)4;1-2/h6-8H,5H2,1-4H3;1-2H3. The zero-order valence-corrected chi connectivity index (χ0v) is 11.8. The van der Waals surface area contributed by atoms with E-state index < -0.39 is 0 Å². The Balaban J connectivity index is 0.000000686. The molecule has 0 radical (unpaired) electrons. The van der Waals surface area contributed by atoms with Crippen LogP contribution in [0.3, 0.4) is 0 Å². The average Bonchev–Trinajstić information content (AvgIpc) is 2.69. The zero-order valence-electron chi connectivity index (χ0n) is 11.8. The molecule has 0 saturated heterocycles. The van der Waals surface area contributed by atoms with Crippen molar-refractivity contribution in [1.82, 2.24) is 14.8 Å². The van der Waals surface area contributed by atoms with E-state index in [1.807, 2.05) is 31.8 Å². The van der Waals surface area contributed by atoms with E-state index in [2.05, 4.69) is 36.9 Å². The van der Waals surface area contributed by atoms with Gasteiger partial charge in [0.05, 0.1) is 11.2 Å². The van der Waals surface area contributed by atoms with E-state index in [-0.39, 0.29) is 0 Å². The quantitative estimate of drug-likeness (QED) is 0.792. The Bertz CT molecular complexity index is 483. The minimum atomic E-state index is 0.425. The predicted octanol–water partition coefficient (Wildman–Crippen LogP) is 3.68. The highest BCUT2D eigenvalue weighted by Crippen LogP contribution is 2.22. The summed E-state index contributed by atoms with van der Waals surface area (Å²) >= 11 is 0. The number of aromatic nitrogens is 3. The summed E-state index contributed by atoms with van der Waals surface area (Å²) in [5.74, 6) is 0.425. The fourth-order valence-electron chi connectivity index (χ4n) is 1.78. The molecular formula is C14H23N3. The molecule has 0 saturated carbocycles. The molecule has 0 fully saturated rings. The van der Waals surface area contributed by atoms with Crippen LogP contribution in [0.5, 0.6) is 0 Å². The second-order valence-electron chi connectivity index (χ2n) is 4.23. The van der Waals surface area contributed by atoms with E-state index in [0.29, 0.717) is 5.92 Å². The second kappa shape index (κ2) is 5.80. The topological polar surface area (TPSA) is 30.7 Å². The van der Waals surface area contributed by atoms with E-state index in [1.165, 1.54) is 5.56 Å². The molecule has 0 aliphatic heterocycles. The monoisotopic (exact) mass is 233 g/mol. The Hall–Kier alpha value is -1.38. The molecule has 2 aromatic heterocycles. The van der Waals surface area contributed by atoms with Crippen molar-refractivity contribution in [2.24, 2.45) is 7.05 Å². The van der Waals surface area contributed by atoms with Crippen molar-refractivity contribution in [3.63, 3.8) is 0 Å². The third-order valence-corrected chi connectivity index (χ3v) is 2.73. The summed E-state index contributed by atoms with van der Waals surface area (Å²) in [6, 6.07) is 2.18. The lowest BCUT2D eigenvalue weighted by molar-refractivity contribution is 0.728. The minimum Gasteiger partial charge on any atom is -0.266 e. The normalized spacial score (nSPS) is 10.5. The van der Waals surface area contributed by atoms with E-state index >= 15 is 0 Å². The van der Waals surface area contributed by atoms with Gasteiger partial charge in [0, 0.05) is 13.2 Å². The van der Waals surface area contributed by atoms with Gasteiger partial charge in [-0.1, -0.05) is 34.6 Å². The average molecular weight is 233 g/mol. The lowest BCUT2D eigenvalue weighted by atomic mass is 10.1. The van der Waals surface area contributed by atoms with Gasteiger partial charge in [0.1, 0.15) is 5.52 Å². The molecule has 3 nitrogen and oxygen atoms in total. The predicted molar refractivity (Wildman–Crippen MR) is 73.3 cm³/mol. The van der Waals surface area contributed by atoms with Crippen molar-refractivity contribution in [3.05, 3.63) is 23.5 Å². The first-order valence-corrected chi connectivity index (χ1v) is 6.45. The number of hydrogen-bond acceptors (Lipinski definition) is 2. The molecule has 2 aromatic rings. The number of nitrogens with zero attached hydrogens (tertiary/aromatic N) is 3. The second-order valence-corrected chi connectivity index (χ2v) is 4.23. The summed E-state index contributed by atoms with van der Waals surface area (Å²) in [4.78, 5) is 4.51. The molecule has 0 spiro atoms. The zero-order chi connectivity index (χ0) is 13.0. The van der Waals surface area contributed by atoms with Crippen LogP contribution in [0.15, 0.2) is 12.3 Å². The molecule has 0 amide bonds. The molecule has 2 heterocycles. The maximum atomic E-state index is 4.52. The Labute approximate surface area is 104 Å². The number of rotatable bonds is 2. The van der Waals surface area contributed by atoms with Crippen LogP contribution in [0.4, 0.5) is 0 Å². The number of aryl methyl sites for hydroxylation is 2. The van der Waals surface area contributed by atoms with Crippen LogP contribution in [0.2, 0.25) is 0 Å². The molecule has 2 rings (SSSR count). The van der Waals surface area contributed by atoms with Gasteiger partial charge in [0.25, 0.3) is 0 Å². The van der Waals surface area contributed by atoms with E-state index in [0.717, 1.165) is 23.1 Å². The van der Waals surface area contributed by atoms with Gasteiger partial charge in [-0.15, -0.1) is 0 Å². The first kappa shape index (κ1) is 13.7. The molecule has 0 unspecified atom stereocenters. The van der Waals surface area contributed by atoms with Crippen LogP contribution in [0.1, 0.15) is 51.8 Å². The van der Waals surface area contributed by atoms with Crippen molar-refractivity contribution in [3.8, 4) is 0 Å². The van der Waals surface area contributed by atoms with Crippen molar-refractivity contribution in [2.45, 2.75) is 47.0 Å². The Morgan fingerprint density at radius 1 is 1.29 bits per heavy atom. The number of pyridine rings is 1. The van der Waals surface area contributed by atoms with Gasteiger partial charge >= 0.3 is 0 Å². The molecule has 0 aliphatic carbocycles. The van der Waals surface area contributed by atoms with Crippen LogP contribution in [0.25, 0.3) is 11.0 Å². The van der Waals surface area contributed by atoms with Gasteiger partial charge in [0.2, 0.25) is 0 Å². The Morgan fingerprint density at radius 3 is 2.47 bits per heavy atom. The van der Waals surface area contributed by atoms with Crippen LogP contribution in [-0.4, -0.2) is 14.8 Å². The summed E-state index contributed by atoms with van der Waals surface area (Å²) in [7, 11) is 1.98. The van der Waals surface area contributed by atoms with Gasteiger partial charge in [-0.2, -0.15) is 5.10 Å².